The number of hydrogen-bond donors (Lipinski definition) is 3. The zero-order valence-corrected chi connectivity index (χ0v) is 12.8. The van der Waals surface area contributed by atoms with Crippen LogP contribution in [-0.2, 0) is 4.79 Å². The van der Waals surface area contributed by atoms with Gasteiger partial charge in [-0.3, -0.25) is 20.4 Å². The van der Waals surface area contributed by atoms with E-state index in [2.05, 4.69) is 16.2 Å². The normalized spacial score (nSPS) is 10.1. The number of aryl methyl sites for hydroxylation is 3. The molecule has 6 heteroatoms. The smallest absolute Gasteiger partial charge is 0.305 e. The van der Waals surface area contributed by atoms with Gasteiger partial charge in [-0.15, -0.1) is 0 Å². The van der Waals surface area contributed by atoms with Gasteiger partial charge in [0.15, 0.2) is 5.76 Å². The topological polar surface area (TPSA) is 83.4 Å². The first-order chi connectivity index (χ1) is 10.5. The molecule has 0 unspecified atom stereocenters. The molecule has 0 atom stereocenters. The van der Waals surface area contributed by atoms with Crippen LogP contribution in [0.3, 0.4) is 0 Å². The van der Waals surface area contributed by atoms with Crippen molar-refractivity contribution >= 4 is 17.5 Å². The van der Waals surface area contributed by atoms with Gasteiger partial charge in [-0.05, 0) is 38.5 Å². The van der Waals surface area contributed by atoms with Gasteiger partial charge in [-0.2, -0.15) is 0 Å². The van der Waals surface area contributed by atoms with Gasteiger partial charge >= 0.3 is 5.91 Å². The molecule has 0 bridgehead atoms. The summed E-state index contributed by atoms with van der Waals surface area (Å²) in [4.78, 5) is 23.5. The Kier molecular flexibility index (Phi) is 4.83. The van der Waals surface area contributed by atoms with Crippen molar-refractivity contribution in [3.63, 3.8) is 0 Å². The van der Waals surface area contributed by atoms with E-state index in [0.29, 0.717) is 5.56 Å². The monoisotopic (exact) mass is 301 g/mol. The molecule has 0 aliphatic rings. The molecular formula is C16H19N3O3. The van der Waals surface area contributed by atoms with Gasteiger partial charge in [0.2, 0.25) is 0 Å². The van der Waals surface area contributed by atoms with Gasteiger partial charge < -0.3 is 9.73 Å². The number of anilines is 1. The summed E-state index contributed by atoms with van der Waals surface area (Å²) in [5.41, 5.74) is 8.46. The van der Waals surface area contributed by atoms with Crippen LogP contribution in [-0.4, -0.2) is 18.4 Å². The molecule has 2 aromatic rings. The summed E-state index contributed by atoms with van der Waals surface area (Å²) in [5, 5.41) is 3.02. The maximum Gasteiger partial charge on any atom is 0.305 e. The molecule has 3 N–H and O–H groups in total. The third-order valence-corrected chi connectivity index (χ3v) is 3.21. The Hall–Kier alpha value is -2.76. The van der Waals surface area contributed by atoms with Gasteiger partial charge in [0, 0.05) is 11.3 Å². The van der Waals surface area contributed by atoms with Crippen LogP contribution in [0.2, 0.25) is 0 Å². The summed E-state index contributed by atoms with van der Waals surface area (Å²) >= 11 is 0. The largest absolute Gasteiger partial charge is 0.459 e. The highest BCUT2D eigenvalue weighted by Crippen LogP contribution is 2.15. The molecule has 2 amide bonds. The summed E-state index contributed by atoms with van der Waals surface area (Å²) in [6, 6.07) is 7.59. The summed E-state index contributed by atoms with van der Waals surface area (Å²) in [7, 11) is 0. The van der Waals surface area contributed by atoms with Crippen LogP contribution < -0.4 is 16.2 Å². The van der Waals surface area contributed by atoms with E-state index in [9.17, 15) is 9.59 Å². The fourth-order valence-corrected chi connectivity index (χ4v) is 2.02. The molecular weight excluding hydrogens is 282 g/mol. The quantitative estimate of drug-likeness (QED) is 0.755. The Morgan fingerprint density at radius 2 is 1.82 bits per heavy atom. The van der Waals surface area contributed by atoms with E-state index in [1.54, 1.807) is 13.0 Å². The van der Waals surface area contributed by atoms with Crippen molar-refractivity contribution in [3.05, 3.63) is 53.0 Å². The van der Waals surface area contributed by atoms with Crippen molar-refractivity contribution in [2.24, 2.45) is 0 Å². The highest BCUT2D eigenvalue weighted by atomic mass is 16.3. The molecule has 0 saturated heterocycles. The number of benzene rings is 1. The molecule has 1 aromatic heterocycles. The van der Waals surface area contributed by atoms with Crippen molar-refractivity contribution in [3.8, 4) is 0 Å². The van der Waals surface area contributed by atoms with Crippen molar-refractivity contribution in [1.29, 1.82) is 0 Å². The maximum absolute atomic E-state index is 11.8. The molecule has 1 heterocycles. The predicted octanol–water partition coefficient (Wildman–Crippen LogP) is 2.08. The standard InChI is InChI=1S/C16H19N3O3/c1-10-4-5-13(12(3)8-10)17-9-14(20)18-19-16(21)15-11(2)6-7-22-15/h4-8,17H,9H2,1-3H3,(H,18,20)(H,19,21). The lowest BCUT2D eigenvalue weighted by molar-refractivity contribution is -0.120. The number of hydrogen-bond acceptors (Lipinski definition) is 4. The lowest BCUT2D eigenvalue weighted by Gasteiger charge is -2.11. The fourth-order valence-electron chi connectivity index (χ4n) is 2.02. The Morgan fingerprint density at radius 1 is 1.05 bits per heavy atom. The third-order valence-electron chi connectivity index (χ3n) is 3.21. The van der Waals surface area contributed by atoms with Crippen molar-refractivity contribution < 1.29 is 14.0 Å². The van der Waals surface area contributed by atoms with Crippen LogP contribution in [0.1, 0.15) is 27.2 Å². The first-order valence-electron chi connectivity index (χ1n) is 6.92. The van der Waals surface area contributed by atoms with Gasteiger partial charge in [0.1, 0.15) is 0 Å². The maximum atomic E-state index is 11.8. The van der Waals surface area contributed by atoms with Crippen LogP contribution in [0.25, 0.3) is 0 Å². The number of rotatable bonds is 4. The third kappa shape index (κ3) is 3.88. The Morgan fingerprint density at radius 3 is 2.45 bits per heavy atom. The SMILES string of the molecule is Cc1ccc(NCC(=O)NNC(=O)c2occc2C)c(C)c1. The predicted molar refractivity (Wildman–Crippen MR) is 83.5 cm³/mol. The highest BCUT2D eigenvalue weighted by molar-refractivity contribution is 5.94. The lowest BCUT2D eigenvalue weighted by atomic mass is 10.1. The fraction of sp³-hybridized carbons (Fsp3) is 0.250. The molecule has 1 aromatic carbocycles. The minimum atomic E-state index is -0.484. The minimum absolute atomic E-state index is 0.0569. The van der Waals surface area contributed by atoms with Crippen LogP contribution in [0.4, 0.5) is 5.69 Å². The molecule has 0 spiro atoms. The Labute approximate surface area is 128 Å². The second-order valence-electron chi connectivity index (χ2n) is 5.11. The first-order valence-corrected chi connectivity index (χ1v) is 6.92. The van der Waals surface area contributed by atoms with Crippen molar-refractivity contribution in [2.75, 3.05) is 11.9 Å². The molecule has 0 aliphatic heterocycles. The summed E-state index contributed by atoms with van der Waals surface area (Å²) in [6.07, 6.45) is 1.42. The number of hydrazine groups is 1. The van der Waals surface area contributed by atoms with Crippen LogP contribution >= 0.6 is 0 Å². The van der Waals surface area contributed by atoms with E-state index >= 15 is 0 Å². The second-order valence-corrected chi connectivity index (χ2v) is 5.11. The molecule has 0 saturated carbocycles. The summed E-state index contributed by atoms with van der Waals surface area (Å²) in [5.74, 6) is -0.650. The molecule has 22 heavy (non-hydrogen) atoms. The number of amides is 2. The lowest BCUT2D eigenvalue weighted by Crippen LogP contribution is -2.44. The zero-order chi connectivity index (χ0) is 16.1. The van der Waals surface area contributed by atoms with Crippen molar-refractivity contribution in [1.82, 2.24) is 10.9 Å². The van der Waals surface area contributed by atoms with Crippen LogP contribution in [0.5, 0.6) is 0 Å². The molecule has 0 fully saturated rings. The summed E-state index contributed by atoms with van der Waals surface area (Å²) < 4.78 is 5.04. The molecule has 2 rings (SSSR count). The van der Waals surface area contributed by atoms with Gasteiger partial charge in [-0.1, -0.05) is 17.7 Å². The number of furan rings is 1. The van der Waals surface area contributed by atoms with E-state index in [1.807, 2.05) is 32.0 Å². The average Bonchev–Trinajstić information content (AvgIpc) is 2.90. The number of carbonyl (C=O) groups excluding carboxylic acids is 2. The highest BCUT2D eigenvalue weighted by Gasteiger charge is 2.13. The van der Waals surface area contributed by atoms with Crippen LogP contribution in [0.15, 0.2) is 34.9 Å². The Bertz CT molecular complexity index is 692. The van der Waals surface area contributed by atoms with Gasteiger partial charge in [0.05, 0.1) is 12.8 Å². The Balaban J connectivity index is 1.81. The molecule has 6 nitrogen and oxygen atoms in total. The van der Waals surface area contributed by atoms with Gasteiger partial charge in [-0.25, -0.2) is 0 Å². The van der Waals surface area contributed by atoms with Crippen LogP contribution in [0, 0.1) is 20.8 Å². The minimum Gasteiger partial charge on any atom is -0.459 e. The summed E-state index contributed by atoms with van der Waals surface area (Å²) in [6.45, 7) is 5.79. The van der Waals surface area contributed by atoms with E-state index in [1.165, 1.54) is 6.26 Å². The molecule has 0 radical (unpaired) electrons. The zero-order valence-electron chi connectivity index (χ0n) is 12.8. The van der Waals surface area contributed by atoms with Gasteiger partial charge in [0.25, 0.3) is 5.91 Å². The van der Waals surface area contributed by atoms with E-state index in [0.717, 1.165) is 16.8 Å². The van der Waals surface area contributed by atoms with Crippen molar-refractivity contribution in [2.45, 2.75) is 20.8 Å². The second kappa shape index (κ2) is 6.80. The average molecular weight is 301 g/mol. The van der Waals surface area contributed by atoms with E-state index in [4.69, 9.17) is 4.42 Å². The molecule has 116 valence electrons. The van der Waals surface area contributed by atoms with E-state index in [-0.39, 0.29) is 18.2 Å². The molecule has 0 aliphatic carbocycles. The number of nitrogens with one attached hydrogen (secondary N) is 3. The first kappa shape index (κ1) is 15.6. The number of carbonyl (C=O) groups is 2. The van der Waals surface area contributed by atoms with E-state index < -0.39 is 5.91 Å².